The second kappa shape index (κ2) is 8.64. The maximum atomic E-state index is 12.9. The maximum Gasteiger partial charge on any atom is 0.416 e. The quantitative estimate of drug-likeness (QED) is 0.775. The molecule has 0 saturated carbocycles. The molecule has 1 heterocycles. The minimum absolute atomic E-state index is 0.0151. The van der Waals surface area contributed by atoms with Crippen LogP contribution in [0.1, 0.15) is 17.5 Å². The third-order valence-electron chi connectivity index (χ3n) is 4.92. The van der Waals surface area contributed by atoms with Crippen LogP contribution in [0.5, 0.6) is 11.5 Å². The number of hydrogen-bond donors (Lipinski definition) is 1. The van der Waals surface area contributed by atoms with E-state index in [2.05, 4.69) is 5.32 Å². The number of amides is 2. The average molecular weight is 422 g/mol. The normalized spacial score (nSPS) is 16.5. The van der Waals surface area contributed by atoms with Gasteiger partial charge in [-0.05, 0) is 36.4 Å². The molecule has 2 aromatic carbocycles. The summed E-state index contributed by atoms with van der Waals surface area (Å²) in [5.41, 5.74) is -0.0188. The lowest BCUT2D eigenvalue weighted by molar-refractivity contribution is -0.137. The summed E-state index contributed by atoms with van der Waals surface area (Å²) in [4.78, 5) is 26.1. The van der Waals surface area contributed by atoms with Gasteiger partial charge in [0.15, 0.2) is 0 Å². The maximum absolute atomic E-state index is 12.9. The number of carbonyl (C=O) groups is 2. The Kier molecular flexibility index (Phi) is 6.19. The molecule has 1 fully saturated rings. The summed E-state index contributed by atoms with van der Waals surface area (Å²) in [5, 5.41) is 2.76. The number of anilines is 1. The second-order valence-corrected chi connectivity index (χ2v) is 6.85. The van der Waals surface area contributed by atoms with Crippen LogP contribution >= 0.6 is 0 Å². The van der Waals surface area contributed by atoms with Gasteiger partial charge in [0.05, 0.1) is 25.7 Å². The van der Waals surface area contributed by atoms with Crippen molar-refractivity contribution in [2.24, 2.45) is 5.92 Å². The molecule has 0 bridgehead atoms. The molecular formula is C21H21F3N2O4. The summed E-state index contributed by atoms with van der Waals surface area (Å²) >= 11 is 0. The molecule has 0 spiro atoms. The number of benzene rings is 2. The molecule has 2 amide bonds. The number of halogens is 3. The number of alkyl halides is 3. The van der Waals surface area contributed by atoms with Crippen molar-refractivity contribution in [3.05, 3.63) is 53.6 Å². The highest BCUT2D eigenvalue weighted by atomic mass is 19.4. The standard InChI is InChI=1S/C21H21F3N2O4/c1-29-17-6-7-18(30-2)13(8-17)11-25-20(28)14-9-19(27)26(12-14)16-5-3-4-15(10-16)21(22,23)24/h3-8,10,14H,9,11-12H2,1-2H3,(H,25,28). The van der Waals surface area contributed by atoms with E-state index in [1.807, 2.05) is 0 Å². The first-order valence-electron chi connectivity index (χ1n) is 9.19. The fourth-order valence-corrected chi connectivity index (χ4v) is 3.33. The zero-order chi connectivity index (χ0) is 21.9. The van der Waals surface area contributed by atoms with Gasteiger partial charge in [-0.15, -0.1) is 0 Å². The highest BCUT2D eigenvalue weighted by molar-refractivity contribution is 6.00. The van der Waals surface area contributed by atoms with Gasteiger partial charge < -0.3 is 19.7 Å². The van der Waals surface area contributed by atoms with Crippen molar-refractivity contribution in [2.45, 2.75) is 19.1 Å². The molecular weight excluding hydrogens is 401 g/mol. The molecule has 1 aliphatic heterocycles. The number of nitrogens with one attached hydrogen (secondary N) is 1. The Bertz CT molecular complexity index is 946. The van der Waals surface area contributed by atoms with E-state index in [4.69, 9.17) is 9.47 Å². The van der Waals surface area contributed by atoms with Crippen molar-refractivity contribution >= 4 is 17.5 Å². The van der Waals surface area contributed by atoms with Crippen molar-refractivity contribution in [3.8, 4) is 11.5 Å². The predicted octanol–water partition coefficient (Wildman–Crippen LogP) is 3.39. The molecule has 1 N–H and O–H groups in total. The Balaban J connectivity index is 1.67. The first kappa shape index (κ1) is 21.5. The number of nitrogens with zero attached hydrogens (tertiary/aromatic N) is 1. The molecule has 0 radical (unpaired) electrons. The van der Waals surface area contributed by atoms with Gasteiger partial charge in [0.25, 0.3) is 0 Å². The van der Waals surface area contributed by atoms with E-state index in [1.54, 1.807) is 18.2 Å². The Hall–Kier alpha value is -3.23. The van der Waals surface area contributed by atoms with Crippen LogP contribution in [0.25, 0.3) is 0 Å². The van der Waals surface area contributed by atoms with Gasteiger partial charge in [0.2, 0.25) is 11.8 Å². The molecule has 1 unspecified atom stereocenters. The molecule has 160 valence electrons. The zero-order valence-electron chi connectivity index (χ0n) is 16.5. The summed E-state index contributed by atoms with van der Waals surface area (Å²) in [6.45, 7) is 0.175. The molecule has 9 heteroatoms. The van der Waals surface area contributed by atoms with Crippen molar-refractivity contribution in [1.82, 2.24) is 5.32 Å². The van der Waals surface area contributed by atoms with Crippen LogP contribution in [0.15, 0.2) is 42.5 Å². The summed E-state index contributed by atoms with van der Waals surface area (Å²) in [6.07, 6.45) is -4.58. The molecule has 30 heavy (non-hydrogen) atoms. The van der Waals surface area contributed by atoms with E-state index >= 15 is 0 Å². The SMILES string of the molecule is COc1ccc(OC)c(CNC(=O)C2CC(=O)N(c3cccc(C(F)(F)F)c3)C2)c1. The lowest BCUT2D eigenvalue weighted by Gasteiger charge is -2.18. The van der Waals surface area contributed by atoms with Gasteiger partial charge >= 0.3 is 6.18 Å². The highest BCUT2D eigenvalue weighted by Crippen LogP contribution is 2.33. The van der Waals surface area contributed by atoms with E-state index in [-0.39, 0.29) is 31.1 Å². The molecule has 2 aromatic rings. The topological polar surface area (TPSA) is 67.9 Å². The summed E-state index contributed by atoms with van der Waals surface area (Å²) in [7, 11) is 3.03. The van der Waals surface area contributed by atoms with Crippen LogP contribution in [-0.4, -0.2) is 32.6 Å². The monoisotopic (exact) mass is 422 g/mol. The van der Waals surface area contributed by atoms with Crippen LogP contribution in [0, 0.1) is 5.92 Å². The van der Waals surface area contributed by atoms with E-state index in [9.17, 15) is 22.8 Å². The Morgan fingerprint density at radius 3 is 2.60 bits per heavy atom. The molecule has 0 aromatic heterocycles. The first-order valence-corrected chi connectivity index (χ1v) is 9.19. The van der Waals surface area contributed by atoms with Crippen molar-refractivity contribution in [1.29, 1.82) is 0 Å². The number of carbonyl (C=O) groups excluding carboxylic acids is 2. The minimum Gasteiger partial charge on any atom is -0.497 e. The minimum atomic E-state index is -4.51. The highest BCUT2D eigenvalue weighted by Gasteiger charge is 2.36. The molecule has 1 saturated heterocycles. The third kappa shape index (κ3) is 4.67. The smallest absolute Gasteiger partial charge is 0.416 e. The van der Waals surface area contributed by atoms with Crippen LogP contribution < -0.4 is 19.7 Å². The molecule has 1 atom stereocenters. The molecule has 6 nitrogen and oxygen atoms in total. The van der Waals surface area contributed by atoms with Gasteiger partial charge in [0.1, 0.15) is 11.5 Å². The Labute approximate surface area is 171 Å². The first-order chi connectivity index (χ1) is 14.2. The van der Waals surface area contributed by atoms with Crippen molar-refractivity contribution in [2.75, 3.05) is 25.7 Å². The second-order valence-electron chi connectivity index (χ2n) is 6.85. The molecule has 3 rings (SSSR count). The van der Waals surface area contributed by atoms with E-state index < -0.39 is 23.6 Å². The molecule has 0 aliphatic carbocycles. The zero-order valence-corrected chi connectivity index (χ0v) is 16.5. The average Bonchev–Trinajstić information content (AvgIpc) is 3.13. The number of hydrogen-bond acceptors (Lipinski definition) is 4. The summed E-state index contributed by atoms with van der Waals surface area (Å²) < 4.78 is 49.3. The fourth-order valence-electron chi connectivity index (χ4n) is 3.33. The van der Waals surface area contributed by atoms with E-state index in [0.717, 1.165) is 12.1 Å². The third-order valence-corrected chi connectivity index (χ3v) is 4.92. The summed E-state index contributed by atoms with van der Waals surface area (Å²) in [6, 6.07) is 9.70. The van der Waals surface area contributed by atoms with E-state index in [1.165, 1.54) is 31.3 Å². The van der Waals surface area contributed by atoms with Gasteiger partial charge in [-0.2, -0.15) is 13.2 Å². The van der Waals surface area contributed by atoms with Crippen molar-refractivity contribution in [3.63, 3.8) is 0 Å². The van der Waals surface area contributed by atoms with Crippen LogP contribution in [0.3, 0.4) is 0 Å². The fraction of sp³-hybridized carbons (Fsp3) is 0.333. The summed E-state index contributed by atoms with van der Waals surface area (Å²) in [5.74, 6) is -0.240. The van der Waals surface area contributed by atoms with Crippen LogP contribution in [-0.2, 0) is 22.3 Å². The largest absolute Gasteiger partial charge is 0.497 e. The van der Waals surface area contributed by atoms with Crippen molar-refractivity contribution < 1.29 is 32.2 Å². The van der Waals surface area contributed by atoms with E-state index in [0.29, 0.717) is 17.1 Å². The predicted molar refractivity (Wildman–Crippen MR) is 103 cm³/mol. The van der Waals surface area contributed by atoms with Gasteiger partial charge in [0, 0.05) is 30.8 Å². The molecule has 1 aliphatic rings. The lowest BCUT2D eigenvalue weighted by Crippen LogP contribution is -2.32. The Morgan fingerprint density at radius 2 is 1.93 bits per heavy atom. The number of methoxy groups -OCH3 is 2. The number of ether oxygens (including phenoxy) is 2. The van der Waals surface area contributed by atoms with Crippen LogP contribution in [0.2, 0.25) is 0 Å². The number of rotatable bonds is 6. The van der Waals surface area contributed by atoms with Gasteiger partial charge in [-0.3, -0.25) is 9.59 Å². The van der Waals surface area contributed by atoms with Gasteiger partial charge in [-0.1, -0.05) is 6.07 Å². The Morgan fingerprint density at radius 1 is 1.17 bits per heavy atom. The lowest BCUT2D eigenvalue weighted by atomic mass is 10.1. The van der Waals surface area contributed by atoms with Crippen LogP contribution in [0.4, 0.5) is 18.9 Å². The van der Waals surface area contributed by atoms with Gasteiger partial charge in [-0.25, -0.2) is 0 Å².